The summed E-state index contributed by atoms with van der Waals surface area (Å²) in [6.45, 7) is 13.7. The number of hydrogen-bond acceptors (Lipinski definition) is 3. The molecule has 2 rings (SSSR count). The predicted molar refractivity (Wildman–Crippen MR) is 117 cm³/mol. The van der Waals surface area contributed by atoms with E-state index in [9.17, 15) is 0 Å². The second-order valence-corrected chi connectivity index (χ2v) is 8.09. The van der Waals surface area contributed by atoms with Gasteiger partial charge < -0.3 is 20.1 Å². The van der Waals surface area contributed by atoms with E-state index in [4.69, 9.17) is 14.5 Å². The van der Waals surface area contributed by atoms with E-state index in [0.29, 0.717) is 6.10 Å². The molecule has 1 saturated heterocycles. The van der Waals surface area contributed by atoms with E-state index in [2.05, 4.69) is 62.6 Å². The summed E-state index contributed by atoms with van der Waals surface area (Å²) in [5.74, 6) is 0.881. The lowest BCUT2D eigenvalue weighted by atomic mass is 9.84. The highest BCUT2D eigenvalue weighted by Crippen LogP contribution is 2.24. The molecule has 158 valence electrons. The maximum Gasteiger partial charge on any atom is 0.191 e. The first-order valence-corrected chi connectivity index (χ1v) is 10.9. The molecule has 1 aromatic carbocycles. The molecule has 0 unspecified atom stereocenters. The summed E-state index contributed by atoms with van der Waals surface area (Å²) in [5, 5.41) is 6.78. The minimum Gasteiger partial charge on any atom is -0.381 e. The highest BCUT2D eigenvalue weighted by Gasteiger charge is 2.20. The molecule has 0 saturated carbocycles. The van der Waals surface area contributed by atoms with Crippen LogP contribution in [0.2, 0.25) is 0 Å². The third-order valence-electron chi connectivity index (χ3n) is 5.26. The molecule has 0 bridgehead atoms. The first-order chi connectivity index (χ1) is 13.5. The van der Waals surface area contributed by atoms with E-state index in [1.54, 1.807) is 0 Å². The Hall–Kier alpha value is -1.59. The van der Waals surface area contributed by atoms with Crippen molar-refractivity contribution in [1.29, 1.82) is 0 Å². The Morgan fingerprint density at radius 2 is 1.86 bits per heavy atom. The molecule has 2 N–H and O–H groups in total. The van der Waals surface area contributed by atoms with E-state index in [1.165, 1.54) is 11.1 Å². The number of aryl methyl sites for hydroxylation is 1. The van der Waals surface area contributed by atoms with Gasteiger partial charge in [0, 0.05) is 38.3 Å². The largest absolute Gasteiger partial charge is 0.381 e. The van der Waals surface area contributed by atoms with Crippen molar-refractivity contribution in [2.75, 3.05) is 39.5 Å². The number of hydrogen-bond donors (Lipinski definition) is 2. The number of nitrogens with zero attached hydrogens (tertiary/aromatic N) is 1. The van der Waals surface area contributed by atoms with Gasteiger partial charge in [0.15, 0.2) is 5.96 Å². The van der Waals surface area contributed by atoms with Crippen LogP contribution in [-0.2, 0) is 21.3 Å². The molecule has 0 aliphatic carbocycles. The van der Waals surface area contributed by atoms with Crippen LogP contribution in [0.1, 0.15) is 58.1 Å². The molecule has 0 aromatic heterocycles. The van der Waals surface area contributed by atoms with Gasteiger partial charge in [-0.15, -0.1) is 0 Å². The standard InChI is InChI=1S/C23H39N3O2/c1-5-19-8-10-20(11-9-19)23(3,4)18-26-22(24-6-2)25-14-7-15-28-21-12-16-27-17-13-21/h8-11,21H,5-7,12-18H2,1-4H3,(H2,24,25,26). The Morgan fingerprint density at radius 3 is 2.50 bits per heavy atom. The topological polar surface area (TPSA) is 54.9 Å². The molecule has 5 heteroatoms. The van der Waals surface area contributed by atoms with Crippen molar-refractivity contribution in [2.24, 2.45) is 4.99 Å². The van der Waals surface area contributed by atoms with Crippen LogP contribution in [0.3, 0.4) is 0 Å². The van der Waals surface area contributed by atoms with Crippen LogP contribution in [0, 0.1) is 0 Å². The van der Waals surface area contributed by atoms with Gasteiger partial charge in [0.2, 0.25) is 0 Å². The second kappa shape index (κ2) is 12.1. The van der Waals surface area contributed by atoms with Gasteiger partial charge in [-0.05, 0) is 43.7 Å². The second-order valence-electron chi connectivity index (χ2n) is 8.09. The van der Waals surface area contributed by atoms with E-state index in [0.717, 1.165) is 71.1 Å². The molecule has 1 heterocycles. The summed E-state index contributed by atoms with van der Waals surface area (Å²) >= 11 is 0. The summed E-state index contributed by atoms with van der Waals surface area (Å²) in [6, 6.07) is 8.93. The summed E-state index contributed by atoms with van der Waals surface area (Å²) < 4.78 is 11.3. The van der Waals surface area contributed by atoms with Gasteiger partial charge in [-0.3, -0.25) is 4.99 Å². The zero-order valence-corrected chi connectivity index (χ0v) is 18.2. The van der Waals surface area contributed by atoms with E-state index >= 15 is 0 Å². The van der Waals surface area contributed by atoms with Crippen LogP contribution in [0.15, 0.2) is 29.3 Å². The lowest BCUT2D eigenvalue weighted by Gasteiger charge is -2.24. The molecule has 0 amide bonds. The SMILES string of the molecule is CCNC(=NCC(C)(C)c1ccc(CC)cc1)NCCCOC1CCOCC1. The monoisotopic (exact) mass is 389 g/mol. The minimum absolute atomic E-state index is 0.000781. The molecule has 1 aromatic rings. The zero-order valence-electron chi connectivity index (χ0n) is 18.2. The Kier molecular flexibility index (Phi) is 9.79. The zero-order chi connectivity index (χ0) is 20.2. The number of ether oxygens (including phenoxy) is 2. The smallest absolute Gasteiger partial charge is 0.191 e. The van der Waals surface area contributed by atoms with Crippen LogP contribution < -0.4 is 10.6 Å². The fourth-order valence-electron chi connectivity index (χ4n) is 3.27. The van der Waals surface area contributed by atoms with Crippen molar-refractivity contribution in [1.82, 2.24) is 10.6 Å². The van der Waals surface area contributed by atoms with Crippen molar-refractivity contribution >= 4 is 5.96 Å². The first-order valence-electron chi connectivity index (χ1n) is 10.9. The Bertz CT molecular complexity index is 578. The van der Waals surface area contributed by atoms with Crippen LogP contribution in [0.4, 0.5) is 0 Å². The van der Waals surface area contributed by atoms with Crippen LogP contribution >= 0.6 is 0 Å². The van der Waals surface area contributed by atoms with Crippen molar-refractivity contribution in [3.63, 3.8) is 0 Å². The third kappa shape index (κ3) is 7.80. The normalized spacial score (nSPS) is 16.2. The van der Waals surface area contributed by atoms with Crippen LogP contribution in [-0.4, -0.2) is 51.5 Å². The van der Waals surface area contributed by atoms with Gasteiger partial charge in [0.25, 0.3) is 0 Å². The molecular weight excluding hydrogens is 350 g/mol. The Morgan fingerprint density at radius 1 is 1.14 bits per heavy atom. The maximum atomic E-state index is 5.94. The van der Waals surface area contributed by atoms with Crippen molar-refractivity contribution < 1.29 is 9.47 Å². The third-order valence-corrected chi connectivity index (χ3v) is 5.26. The van der Waals surface area contributed by atoms with Gasteiger partial charge in [-0.1, -0.05) is 45.0 Å². The Balaban J connectivity index is 1.77. The highest BCUT2D eigenvalue weighted by atomic mass is 16.5. The average molecular weight is 390 g/mol. The molecule has 0 atom stereocenters. The molecule has 1 aliphatic heterocycles. The maximum absolute atomic E-state index is 5.94. The van der Waals surface area contributed by atoms with Gasteiger partial charge in [0.05, 0.1) is 12.6 Å². The molecule has 1 aliphatic rings. The van der Waals surface area contributed by atoms with Gasteiger partial charge in [-0.25, -0.2) is 0 Å². The quantitative estimate of drug-likeness (QED) is 0.364. The molecule has 0 radical (unpaired) electrons. The number of rotatable bonds is 10. The number of guanidine groups is 1. The molecule has 5 nitrogen and oxygen atoms in total. The minimum atomic E-state index is 0.000781. The summed E-state index contributed by atoms with van der Waals surface area (Å²) in [6.07, 6.45) is 4.46. The van der Waals surface area contributed by atoms with Gasteiger partial charge >= 0.3 is 0 Å². The lowest BCUT2D eigenvalue weighted by molar-refractivity contribution is -0.0320. The van der Waals surface area contributed by atoms with Crippen LogP contribution in [0.25, 0.3) is 0 Å². The van der Waals surface area contributed by atoms with Crippen molar-refractivity contribution in [3.05, 3.63) is 35.4 Å². The fourth-order valence-corrected chi connectivity index (χ4v) is 3.27. The van der Waals surface area contributed by atoms with Gasteiger partial charge in [-0.2, -0.15) is 0 Å². The summed E-state index contributed by atoms with van der Waals surface area (Å²) in [7, 11) is 0. The predicted octanol–water partition coefficient (Wildman–Crippen LogP) is 3.67. The molecule has 0 spiro atoms. The average Bonchev–Trinajstić information content (AvgIpc) is 2.72. The molecule has 28 heavy (non-hydrogen) atoms. The number of benzene rings is 1. The van der Waals surface area contributed by atoms with Gasteiger partial charge in [0.1, 0.15) is 0 Å². The van der Waals surface area contributed by atoms with E-state index in [-0.39, 0.29) is 5.41 Å². The lowest BCUT2D eigenvalue weighted by Crippen LogP contribution is -2.39. The summed E-state index contributed by atoms with van der Waals surface area (Å²) in [4.78, 5) is 4.83. The van der Waals surface area contributed by atoms with E-state index < -0.39 is 0 Å². The summed E-state index contributed by atoms with van der Waals surface area (Å²) in [5.41, 5.74) is 2.70. The van der Waals surface area contributed by atoms with Crippen LogP contribution in [0.5, 0.6) is 0 Å². The number of aliphatic imine (C=N–C) groups is 1. The van der Waals surface area contributed by atoms with Crippen molar-refractivity contribution in [3.8, 4) is 0 Å². The Labute approximate surface area is 171 Å². The molecular formula is C23H39N3O2. The fraction of sp³-hybridized carbons (Fsp3) is 0.696. The highest BCUT2D eigenvalue weighted by molar-refractivity contribution is 5.79. The number of nitrogens with one attached hydrogen (secondary N) is 2. The molecule has 1 fully saturated rings. The van der Waals surface area contributed by atoms with E-state index in [1.807, 2.05) is 0 Å². The van der Waals surface area contributed by atoms with Crippen molar-refractivity contribution in [2.45, 2.75) is 64.9 Å². The first kappa shape index (κ1) is 22.7.